The number of halogens is 2. The van der Waals surface area contributed by atoms with Gasteiger partial charge in [-0.3, -0.25) is 14.5 Å². The lowest BCUT2D eigenvalue weighted by Crippen LogP contribution is -2.36. The zero-order valence-electron chi connectivity index (χ0n) is 15.4. The summed E-state index contributed by atoms with van der Waals surface area (Å²) in [5.41, 5.74) is 0.896. The molecule has 0 aliphatic heterocycles. The summed E-state index contributed by atoms with van der Waals surface area (Å²) in [4.78, 5) is 26.1. The lowest BCUT2D eigenvalue weighted by molar-refractivity contribution is -0.119. The lowest BCUT2D eigenvalue weighted by atomic mass is 10.3. The van der Waals surface area contributed by atoms with Crippen molar-refractivity contribution in [2.45, 2.75) is 10.7 Å². The number of nitrogens with zero attached hydrogens (tertiary/aromatic N) is 1. The number of benzene rings is 2. The van der Waals surface area contributed by atoms with Crippen LogP contribution in [-0.2, 0) is 9.59 Å². The van der Waals surface area contributed by atoms with Gasteiger partial charge in [0.1, 0.15) is 5.75 Å². The fourth-order valence-corrected chi connectivity index (χ4v) is 3.00. The molecule has 2 aromatic carbocycles. The molecule has 150 valence electrons. The summed E-state index contributed by atoms with van der Waals surface area (Å²) in [5.74, 6) is -2.66. The van der Waals surface area contributed by atoms with E-state index in [-0.39, 0.29) is 23.9 Å². The van der Waals surface area contributed by atoms with Gasteiger partial charge in [0.2, 0.25) is 11.8 Å². The van der Waals surface area contributed by atoms with Crippen molar-refractivity contribution in [3.63, 3.8) is 0 Å². The van der Waals surface area contributed by atoms with Gasteiger partial charge in [-0.05, 0) is 31.3 Å². The Morgan fingerprint density at radius 1 is 1.07 bits per heavy atom. The van der Waals surface area contributed by atoms with Gasteiger partial charge in [0.25, 0.3) is 5.76 Å². The molecule has 28 heavy (non-hydrogen) atoms. The topological polar surface area (TPSA) is 70.7 Å². The van der Waals surface area contributed by atoms with E-state index in [4.69, 9.17) is 4.74 Å². The van der Waals surface area contributed by atoms with Crippen LogP contribution in [0.15, 0.2) is 53.4 Å². The van der Waals surface area contributed by atoms with Crippen molar-refractivity contribution < 1.29 is 23.1 Å². The first kappa shape index (κ1) is 21.6. The van der Waals surface area contributed by atoms with Crippen LogP contribution >= 0.6 is 11.8 Å². The Morgan fingerprint density at radius 3 is 2.43 bits per heavy atom. The number of carbonyl (C=O) groups is 2. The van der Waals surface area contributed by atoms with Crippen molar-refractivity contribution in [1.29, 1.82) is 0 Å². The van der Waals surface area contributed by atoms with Gasteiger partial charge in [0, 0.05) is 16.6 Å². The van der Waals surface area contributed by atoms with Crippen molar-refractivity contribution in [3.05, 3.63) is 48.5 Å². The Balaban J connectivity index is 1.86. The van der Waals surface area contributed by atoms with Gasteiger partial charge in [-0.1, -0.05) is 30.0 Å². The highest BCUT2D eigenvalue weighted by Gasteiger charge is 2.14. The van der Waals surface area contributed by atoms with Crippen LogP contribution in [-0.4, -0.2) is 49.7 Å². The zero-order chi connectivity index (χ0) is 20.5. The molecule has 0 aromatic heterocycles. The van der Waals surface area contributed by atoms with E-state index in [1.54, 1.807) is 49.5 Å². The first-order valence-electron chi connectivity index (χ1n) is 8.33. The number of ether oxygens (including phenoxy) is 1. The number of carbonyl (C=O) groups excluding carboxylic acids is 2. The average Bonchev–Trinajstić information content (AvgIpc) is 2.62. The van der Waals surface area contributed by atoms with Crippen LogP contribution in [0.25, 0.3) is 0 Å². The van der Waals surface area contributed by atoms with Gasteiger partial charge in [-0.15, -0.1) is 0 Å². The van der Waals surface area contributed by atoms with Gasteiger partial charge in [0.05, 0.1) is 25.9 Å². The molecule has 2 amide bonds. The number of alkyl halides is 2. The number of para-hydroxylation sites is 1. The van der Waals surface area contributed by atoms with E-state index in [0.29, 0.717) is 28.9 Å². The quantitative estimate of drug-likeness (QED) is 0.620. The monoisotopic (exact) mass is 409 g/mol. The first-order valence-corrected chi connectivity index (χ1v) is 9.21. The van der Waals surface area contributed by atoms with Crippen LogP contribution in [0.4, 0.5) is 20.2 Å². The van der Waals surface area contributed by atoms with Crippen molar-refractivity contribution >= 4 is 35.0 Å². The standard InChI is InChI=1S/C19H21F2N3O3S/c1-24(11-17(25)22-13-6-5-7-14(10-13)27-2)12-18(26)23-15-8-3-4-9-16(15)28-19(20)21/h3-10,19H,11-12H2,1-2H3,(H,22,25)(H,23,26). The van der Waals surface area contributed by atoms with Crippen LogP contribution in [0.1, 0.15) is 0 Å². The van der Waals surface area contributed by atoms with E-state index in [0.717, 1.165) is 0 Å². The third-order valence-corrected chi connectivity index (χ3v) is 4.35. The van der Waals surface area contributed by atoms with E-state index >= 15 is 0 Å². The molecule has 0 heterocycles. The summed E-state index contributed by atoms with van der Waals surface area (Å²) in [7, 11) is 3.15. The Labute approximate surface area is 166 Å². The van der Waals surface area contributed by atoms with E-state index in [2.05, 4.69) is 10.6 Å². The zero-order valence-corrected chi connectivity index (χ0v) is 16.3. The van der Waals surface area contributed by atoms with E-state index in [1.165, 1.54) is 18.1 Å². The number of thioether (sulfide) groups is 1. The first-order chi connectivity index (χ1) is 13.4. The van der Waals surface area contributed by atoms with Crippen LogP contribution < -0.4 is 15.4 Å². The van der Waals surface area contributed by atoms with Crippen LogP contribution in [0.5, 0.6) is 5.75 Å². The van der Waals surface area contributed by atoms with Gasteiger partial charge in [0.15, 0.2) is 0 Å². The number of anilines is 2. The maximum Gasteiger partial charge on any atom is 0.288 e. The number of hydrogen-bond acceptors (Lipinski definition) is 5. The fourth-order valence-electron chi connectivity index (χ4n) is 2.41. The third kappa shape index (κ3) is 7.16. The van der Waals surface area contributed by atoms with E-state index in [9.17, 15) is 18.4 Å². The van der Waals surface area contributed by atoms with Crippen molar-refractivity contribution in [3.8, 4) is 5.75 Å². The largest absolute Gasteiger partial charge is 0.497 e. The van der Waals surface area contributed by atoms with Crippen molar-refractivity contribution in [2.75, 3.05) is 37.9 Å². The second kappa shape index (κ2) is 10.6. The minimum Gasteiger partial charge on any atom is -0.497 e. The minimum absolute atomic E-state index is 0.0158. The second-order valence-electron chi connectivity index (χ2n) is 5.88. The molecule has 9 heteroatoms. The number of nitrogens with one attached hydrogen (secondary N) is 2. The SMILES string of the molecule is COc1cccc(NC(=O)CN(C)CC(=O)Nc2ccccc2SC(F)F)c1. The molecule has 0 saturated carbocycles. The smallest absolute Gasteiger partial charge is 0.288 e. The van der Waals surface area contributed by atoms with E-state index < -0.39 is 11.7 Å². The van der Waals surface area contributed by atoms with Crippen molar-refractivity contribution in [1.82, 2.24) is 4.90 Å². The van der Waals surface area contributed by atoms with Crippen LogP contribution in [0.2, 0.25) is 0 Å². The molecule has 2 N–H and O–H groups in total. The molecular weight excluding hydrogens is 388 g/mol. The molecule has 0 radical (unpaired) electrons. The predicted molar refractivity (Wildman–Crippen MR) is 106 cm³/mol. The van der Waals surface area contributed by atoms with Gasteiger partial charge in [-0.2, -0.15) is 8.78 Å². The fraction of sp³-hybridized carbons (Fsp3) is 0.263. The summed E-state index contributed by atoms with van der Waals surface area (Å²) in [6, 6.07) is 13.3. The Morgan fingerprint density at radius 2 is 1.75 bits per heavy atom. The molecule has 0 atom stereocenters. The molecule has 0 bridgehead atoms. The molecule has 2 rings (SSSR count). The number of amides is 2. The third-order valence-electron chi connectivity index (χ3n) is 3.56. The molecular formula is C19H21F2N3O3S. The Hall–Kier alpha value is -2.65. The highest BCUT2D eigenvalue weighted by Crippen LogP contribution is 2.31. The molecule has 0 aliphatic carbocycles. The highest BCUT2D eigenvalue weighted by atomic mass is 32.2. The number of likely N-dealkylation sites (N-methyl/N-ethyl adjacent to an activating group) is 1. The highest BCUT2D eigenvalue weighted by molar-refractivity contribution is 7.99. The molecule has 0 saturated heterocycles. The Kier molecular flexibility index (Phi) is 8.21. The number of methoxy groups -OCH3 is 1. The van der Waals surface area contributed by atoms with Gasteiger partial charge < -0.3 is 15.4 Å². The molecule has 2 aromatic rings. The van der Waals surface area contributed by atoms with Crippen LogP contribution in [0.3, 0.4) is 0 Å². The maximum atomic E-state index is 12.6. The van der Waals surface area contributed by atoms with Gasteiger partial charge in [-0.25, -0.2) is 0 Å². The van der Waals surface area contributed by atoms with Crippen LogP contribution in [0, 0.1) is 0 Å². The molecule has 6 nitrogen and oxygen atoms in total. The minimum atomic E-state index is -2.58. The summed E-state index contributed by atoms with van der Waals surface area (Å²) in [6.45, 7) is -0.0860. The number of rotatable bonds is 9. The summed E-state index contributed by atoms with van der Waals surface area (Å²) in [5, 5.41) is 5.32. The normalized spacial score (nSPS) is 10.8. The predicted octanol–water partition coefficient (Wildman–Crippen LogP) is 3.52. The van der Waals surface area contributed by atoms with Crippen molar-refractivity contribution in [2.24, 2.45) is 0 Å². The number of hydrogen-bond donors (Lipinski definition) is 2. The Bertz CT molecular complexity index is 821. The molecule has 0 aliphatic rings. The summed E-state index contributed by atoms with van der Waals surface area (Å²) >= 11 is 0.365. The molecule has 0 unspecified atom stereocenters. The lowest BCUT2D eigenvalue weighted by Gasteiger charge is -2.17. The van der Waals surface area contributed by atoms with E-state index in [1.807, 2.05) is 0 Å². The summed E-state index contributed by atoms with van der Waals surface area (Å²) in [6.07, 6.45) is 0. The molecule has 0 fully saturated rings. The maximum absolute atomic E-state index is 12.6. The second-order valence-corrected chi connectivity index (χ2v) is 6.91. The summed E-state index contributed by atoms with van der Waals surface area (Å²) < 4.78 is 30.3. The average molecular weight is 409 g/mol. The molecule has 0 spiro atoms. The van der Waals surface area contributed by atoms with Gasteiger partial charge >= 0.3 is 0 Å².